The predicted octanol–water partition coefficient (Wildman–Crippen LogP) is 6.56. The van der Waals surface area contributed by atoms with E-state index < -0.39 is 0 Å². The van der Waals surface area contributed by atoms with E-state index in [2.05, 4.69) is 20.8 Å². The molecule has 0 nitrogen and oxygen atoms in total. The van der Waals surface area contributed by atoms with Crippen LogP contribution in [0.15, 0.2) is 0 Å². The second-order valence-corrected chi connectivity index (χ2v) is 5.88. The Hall–Kier alpha value is 0.290. The van der Waals surface area contributed by atoms with Gasteiger partial charge in [0, 0.05) is 5.88 Å². The molecule has 1 atom stereocenters. The Bertz CT molecular complexity index is 150. The van der Waals surface area contributed by atoms with Gasteiger partial charge in [0.05, 0.1) is 0 Å². The number of unbranched alkanes of at least 4 members (excludes halogenated alkanes) is 6. The summed E-state index contributed by atoms with van der Waals surface area (Å²) in [4.78, 5) is 0. The van der Waals surface area contributed by atoms with Gasteiger partial charge in [0.1, 0.15) is 0 Å². The molecule has 17 heavy (non-hydrogen) atoms. The SMILES string of the molecule is CCCCCCCCC(CC)(CCl)CCCC. The molecule has 104 valence electrons. The minimum absolute atomic E-state index is 0.447. The molecule has 1 unspecified atom stereocenters. The predicted molar refractivity (Wildman–Crippen MR) is 81.0 cm³/mol. The summed E-state index contributed by atoms with van der Waals surface area (Å²) in [7, 11) is 0. The number of halogens is 1. The lowest BCUT2D eigenvalue weighted by Crippen LogP contribution is -2.22. The van der Waals surface area contributed by atoms with E-state index >= 15 is 0 Å². The van der Waals surface area contributed by atoms with Gasteiger partial charge in [-0.1, -0.05) is 72.1 Å². The molecule has 0 aliphatic rings. The largest absolute Gasteiger partial charge is 0.126 e. The maximum Gasteiger partial charge on any atom is 0.0279 e. The van der Waals surface area contributed by atoms with Crippen molar-refractivity contribution >= 4 is 11.6 Å². The van der Waals surface area contributed by atoms with E-state index in [9.17, 15) is 0 Å². The third-order valence-corrected chi connectivity index (χ3v) is 4.72. The summed E-state index contributed by atoms with van der Waals surface area (Å²) in [6.45, 7) is 6.87. The van der Waals surface area contributed by atoms with Gasteiger partial charge in [-0.25, -0.2) is 0 Å². The van der Waals surface area contributed by atoms with Gasteiger partial charge in [-0.3, -0.25) is 0 Å². The highest BCUT2D eigenvalue weighted by Crippen LogP contribution is 2.36. The summed E-state index contributed by atoms with van der Waals surface area (Å²) >= 11 is 6.22. The van der Waals surface area contributed by atoms with E-state index in [0.29, 0.717) is 5.41 Å². The lowest BCUT2D eigenvalue weighted by atomic mass is 9.77. The zero-order valence-electron chi connectivity index (χ0n) is 12.4. The maximum absolute atomic E-state index is 6.22. The fourth-order valence-electron chi connectivity index (χ4n) is 2.54. The van der Waals surface area contributed by atoms with Crippen LogP contribution in [0.4, 0.5) is 0 Å². The average Bonchev–Trinajstić information content (AvgIpc) is 2.38. The van der Waals surface area contributed by atoms with Crippen LogP contribution in [0, 0.1) is 5.41 Å². The number of hydrogen-bond donors (Lipinski definition) is 0. The van der Waals surface area contributed by atoms with Crippen molar-refractivity contribution in [2.75, 3.05) is 5.88 Å². The molecule has 0 aromatic carbocycles. The molecular formula is C16H33Cl. The summed E-state index contributed by atoms with van der Waals surface area (Å²) < 4.78 is 0. The van der Waals surface area contributed by atoms with Gasteiger partial charge in [0.25, 0.3) is 0 Å². The van der Waals surface area contributed by atoms with E-state index in [4.69, 9.17) is 11.6 Å². The van der Waals surface area contributed by atoms with Crippen molar-refractivity contribution < 1.29 is 0 Å². The van der Waals surface area contributed by atoms with Gasteiger partial charge in [-0.05, 0) is 24.7 Å². The smallest absolute Gasteiger partial charge is 0.0279 e. The van der Waals surface area contributed by atoms with Crippen molar-refractivity contribution in [1.29, 1.82) is 0 Å². The first-order chi connectivity index (χ1) is 8.24. The maximum atomic E-state index is 6.22. The molecule has 0 aromatic heterocycles. The van der Waals surface area contributed by atoms with Crippen molar-refractivity contribution in [1.82, 2.24) is 0 Å². The van der Waals surface area contributed by atoms with Crippen molar-refractivity contribution in [3.63, 3.8) is 0 Å². The van der Waals surface area contributed by atoms with E-state index in [1.165, 1.54) is 70.6 Å². The van der Waals surface area contributed by atoms with E-state index in [1.54, 1.807) is 0 Å². The second-order valence-electron chi connectivity index (χ2n) is 5.61. The van der Waals surface area contributed by atoms with Crippen LogP contribution in [-0.2, 0) is 0 Å². The third kappa shape index (κ3) is 8.08. The summed E-state index contributed by atoms with van der Waals surface area (Å²) in [6.07, 6.45) is 15.0. The molecule has 0 N–H and O–H groups in total. The Morgan fingerprint density at radius 2 is 1.24 bits per heavy atom. The Morgan fingerprint density at radius 1 is 0.706 bits per heavy atom. The Kier molecular flexibility index (Phi) is 11.6. The quantitative estimate of drug-likeness (QED) is 0.275. The highest BCUT2D eigenvalue weighted by atomic mass is 35.5. The van der Waals surface area contributed by atoms with Crippen molar-refractivity contribution in [3.05, 3.63) is 0 Å². The van der Waals surface area contributed by atoms with Crippen LogP contribution in [0.25, 0.3) is 0 Å². The summed E-state index contributed by atoms with van der Waals surface area (Å²) in [5, 5.41) is 0. The molecule has 0 amide bonds. The number of hydrogen-bond acceptors (Lipinski definition) is 0. The van der Waals surface area contributed by atoms with E-state index in [0.717, 1.165) is 5.88 Å². The van der Waals surface area contributed by atoms with Crippen LogP contribution in [0.3, 0.4) is 0 Å². The van der Waals surface area contributed by atoms with Gasteiger partial charge in [0.2, 0.25) is 0 Å². The van der Waals surface area contributed by atoms with Crippen molar-refractivity contribution in [2.45, 2.75) is 91.4 Å². The zero-order chi connectivity index (χ0) is 13.0. The van der Waals surface area contributed by atoms with Gasteiger partial charge < -0.3 is 0 Å². The van der Waals surface area contributed by atoms with E-state index in [1.807, 2.05) is 0 Å². The van der Waals surface area contributed by atoms with Gasteiger partial charge in [0.15, 0.2) is 0 Å². The van der Waals surface area contributed by atoms with Gasteiger partial charge in [-0.15, -0.1) is 11.6 Å². The second kappa shape index (κ2) is 11.4. The monoisotopic (exact) mass is 260 g/mol. The van der Waals surface area contributed by atoms with Crippen LogP contribution in [-0.4, -0.2) is 5.88 Å². The van der Waals surface area contributed by atoms with Crippen molar-refractivity contribution in [3.8, 4) is 0 Å². The molecular weight excluding hydrogens is 228 g/mol. The third-order valence-electron chi connectivity index (χ3n) is 4.15. The summed E-state index contributed by atoms with van der Waals surface area (Å²) in [5.74, 6) is 0.860. The molecule has 0 aliphatic heterocycles. The molecule has 0 fully saturated rings. The molecule has 0 rings (SSSR count). The highest BCUT2D eigenvalue weighted by molar-refractivity contribution is 6.18. The minimum atomic E-state index is 0.447. The fraction of sp³-hybridized carbons (Fsp3) is 1.00. The Labute approximate surface area is 115 Å². The molecule has 0 bridgehead atoms. The van der Waals surface area contributed by atoms with Crippen LogP contribution >= 0.6 is 11.6 Å². The average molecular weight is 261 g/mol. The Balaban J connectivity index is 3.75. The number of rotatable bonds is 12. The normalized spacial score (nSPS) is 14.8. The molecule has 0 aliphatic carbocycles. The molecule has 0 radical (unpaired) electrons. The van der Waals surface area contributed by atoms with Crippen LogP contribution in [0.2, 0.25) is 0 Å². The topological polar surface area (TPSA) is 0 Å². The number of alkyl halides is 1. The van der Waals surface area contributed by atoms with Crippen molar-refractivity contribution in [2.24, 2.45) is 5.41 Å². The van der Waals surface area contributed by atoms with Crippen LogP contribution in [0.5, 0.6) is 0 Å². The minimum Gasteiger partial charge on any atom is -0.126 e. The van der Waals surface area contributed by atoms with Crippen LogP contribution in [0.1, 0.15) is 91.4 Å². The molecule has 0 aromatic rings. The summed E-state index contributed by atoms with van der Waals surface area (Å²) in [6, 6.07) is 0. The van der Waals surface area contributed by atoms with E-state index in [-0.39, 0.29) is 0 Å². The molecule has 0 heterocycles. The lowest BCUT2D eigenvalue weighted by Gasteiger charge is -2.30. The molecule has 0 saturated carbocycles. The summed E-state index contributed by atoms with van der Waals surface area (Å²) in [5.41, 5.74) is 0.447. The van der Waals surface area contributed by atoms with Gasteiger partial charge in [-0.2, -0.15) is 0 Å². The standard InChI is InChI=1S/C16H33Cl/c1-4-7-9-10-11-12-14-16(6-3,15-17)13-8-5-2/h4-15H2,1-3H3. The fourth-order valence-corrected chi connectivity index (χ4v) is 3.00. The highest BCUT2D eigenvalue weighted by Gasteiger charge is 2.25. The first-order valence-electron chi connectivity index (χ1n) is 7.80. The lowest BCUT2D eigenvalue weighted by molar-refractivity contribution is 0.248. The van der Waals surface area contributed by atoms with Gasteiger partial charge >= 0.3 is 0 Å². The molecule has 0 spiro atoms. The zero-order valence-corrected chi connectivity index (χ0v) is 13.1. The first kappa shape index (κ1) is 17.3. The molecule has 0 saturated heterocycles. The van der Waals surface area contributed by atoms with Crippen LogP contribution < -0.4 is 0 Å². The Morgan fingerprint density at radius 3 is 1.76 bits per heavy atom. The first-order valence-corrected chi connectivity index (χ1v) is 8.34. The molecule has 1 heteroatoms.